The molecular formula is C24H14N4O3S2. The van der Waals surface area contributed by atoms with Gasteiger partial charge < -0.3 is 14.1 Å². The van der Waals surface area contributed by atoms with E-state index in [1.165, 1.54) is 6.07 Å². The summed E-state index contributed by atoms with van der Waals surface area (Å²) in [5.74, 6) is 1.63. The molecule has 0 bridgehead atoms. The van der Waals surface area contributed by atoms with E-state index in [1.54, 1.807) is 23.9 Å². The van der Waals surface area contributed by atoms with Gasteiger partial charge in [0.05, 0.1) is 34.1 Å². The summed E-state index contributed by atoms with van der Waals surface area (Å²) >= 11 is 2.79. The number of hydrogen-bond acceptors (Lipinski definition) is 8. The standard InChI is InChI=1S/C24H14N4O3S2/c29-17-9-6-13-14(12-4-2-1-3-5-12)10-19(30)31-23(13)20(17)24-28-18(11-32-24)25-16-8-7-15-21(22(16)28)27-33-26-15/h1-10,24,29H,11H2. The van der Waals surface area contributed by atoms with Gasteiger partial charge in [-0.2, -0.15) is 8.75 Å². The Morgan fingerprint density at radius 1 is 1.03 bits per heavy atom. The summed E-state index contributed by atoms with van der Waals surface area (Å²) in [5.41, 5.74) is 5.48. The Kier molecular flexibility index (Phi) is 3.94. The number of phenols is 1. The van der Waals surface area contributed by atoms with Crippen LogP contribution in [0.1, 0.15) is 16.8 Å². The van der Waals surface area contributed by atoms with Crippen molar-refractivity contribution in [1.82, 2.24) is 18.3 Å². The van der Waals surface area contributed by atoms with Crippen LogP contribution in [0.2, 0.25) is 0 Å². The third-order valence-electron chi connectivity index (χ3n) is 6.01. The highest BCUT2D eigenvalue weighted by atomic mass is 32.2. The molecule has 0 radical (unpaired) electrons. The second-order valence-corrected chi connectivity index (χ2v) is 9.44. The molecule has 0 saturated heterocycles. The number of phenolic OH excluding ortho intramolecular Hbond substituents is 1. The Hall–Kier alpha value is -3.69. The highest BCUT2D eigenvalue weighted by molar-refractivity contribution is 7.99. The van der Waals surface area contributed by atoms with Crippen LogP contribution < -0.4 is 5.63 Å². The third-order valence-corrected chi connectivity index (χ3v) is 7.74. The lowest BCUT2D eigenvalue weighted by molar-refractivity contribution is 0.462. The summed E-state index contributed by atoms with van der Waals surface area (Å²) in [7, 11) is 0. The smallest absolute Gasteiger partial charge is 0.336 e. The molecule has 0 fully saturated rings. The first kappa shape index (κ1) is 18.8. The molecule has 0 spiro atoms. The van der Waals surface area contributed by atoms with E-state index in [4.69, 9.17) is 9.40 Å². The number of thioether (sulfide) groups is 1. The van der Waals surface area contributed by atoms with E-state index >= 15 is 0 Å². The maximum atomic E-state index is 12.6. The van der Waals surface area contributed by atoms with Gasteiger partial charge in [-0.15, -0.1) is 11.8 Å². The minimum absolute atomic E-state index is 0.0756. The van der Waals surface area contributed by atoms with E-state index < -0.39 is 5.63 Å². The van der Waals surface area contributed by atoms with E-state index in [1.807, 2.05) is 42.5 Å². The number of fused-ring (bicyclic) bond motifs is 6. The molecule has 0 saturated carbocycles. The first-order valence-corrected chi connectivity index (χ1v) is 12.1. The molecule has 7 nitrogen and oxygen atoms in total. The Balaban J connectivity index is 1.54. The molecule has 6 aromatic rings. The molecule has 7 rings (SSSR count). The monoisotopic (exact) mass is 470 g/mol. The maximum Gasteiger partial charge on any atom is 0.336 e. The molecule has 4 heterocycles. The highest BCUT2D eigenvalue weighted by Crippen LogP contribution is 2.49. The molecule has 9 heteroatoms. The van der Waals surface area contributed by atoms with Gasteiger partial charge in [0.2, 0.25) is 0 Å². The molecule has 3 aromatic heterocycles. The van der Waals surface area contributed by atoms with Gasteiger partial charge in [-0.25, -0.2) is 9.78 Å². The zero-order chi connectivity index (χ0) is 22.1. The van der Waals surface area contributed by atoms with Crippen LogP contribution in [0.15, 0.2) is 69.9 Å². The van der Waals surface area contributed by atoms with Crippen LogP contribution in [0, 0.1) is 0 Å². The van der Waals surface area contributed by atoms with E-state index in [-0.39, 0.29) is 11.1 Å². The predicted molar refractivity (Wildman–Crippen MR) is 130 cm³/mol. The minimum atomic E-state index is -0.460. The second-order valence-electron chi connectivity index (χ2n) is 7.85. The van der Waals surface area contributed by atoms with Crippen molar-refractivity contribution in [3.8, 4) is 16.9 Å². The number of nitrogens with zero attached hydrogens (tertiary/aromatic N) is 4. The van der Waals surface area contributed by atoms with E-state index in [9.17, 15) is 9.90 Å². The fraction of sp³-hybridized carbons (Fsp3) is 0.0833. The summed E-state index contributed by atoms with van der Waals surface area (Å²) < 4.78 is 16.7. The van der Waals surface area contributed by atoms with Crippen molar-refractivity contribution in [3.63, 3.8) is 0 Å². The Morgan fingerprint density at radius 3 is 2.76 bits per heavy atom. The van der Waals surface area contributed by atoms with Crippen LogP contribution >= 0.6 is 23.5 Å². The number of imidazole rings is 1. The van der Waals surface area contributed by atoms with Gasteiger partial charge in [-0.05, 0) is 35.4 Å². The van der Waals surface area contributed by atoms with Crippen molar-refractivity contribution >= 4 is 56.5 Å². The van der Waals surface area contributed by atoms with Gasteiger partial charge in [-0.1, -0.05) is 30.3 Å². The zero-order valence-corrected chi connectivity index (χ0v) is 18.6. The molecule has 33 heavy (non-hydrogen) atoms. The SMILES string of the molecule is O=c1cc(-c2ccccc2)c2ccc(O)c(C3SCc4nc5ccc6nsnc6c5n43)c2o1. The molecular weight excluding hydrogens is 456 g/mol. The summed E-state index contributed by atoms with van der Waals surface area (Å²) in [4.78, 5) is 17.4. The quantitative estimate of drug-likeness (QED) is 0.343. The molecule has 1 aliphatic rings. The summed E-state index contributed by atoms with van der Waals surface area (Å²) in [6.07, 6.45) is 0. The average molecular weight is 471 g/mol. The second kappa shape index (κ2) is 6.90. The Labute approximate surface area is 194 Å². The number of benzene rings is 3. The highest BCUT2D eigenvalue weighted by Gasteiger charge is 2.33. The van der Waals surface area contributed by atoms with Crippen LogP contribution in [0.25, 0.3) is 44.2 Å². The first-order chi connectivity index (χ1) is 16.2. The fourth-order valence-electron chi connectivity index (χ4n) is 4.60. The van der Waals surface area contributed by atoms with Crippen molar-refractivity contribution < 1.29 is 9.52 Å². The number of hydrogen-bond donors (Lipinski definition) is 1. The topological polar surface area (TPSA) is 94.0 Å². The van der Waals surface area contributed by atoms with E-state index in [0.29, 0.717) is 16.9 Å². The van der Waals surface area contributed by atoms with E-state index in [0.717, 1.165) is 56.1 Å². The zero-order valence-electron chi connectivity index (χ0n) is 16.9. The molecule has 1 aliphatic heterocycles. The fourth-order valence-corrected chi connectivity index (χ4v) is 6.42. The van der Waals surface area contributed by atoms with Gasteiger partial charge in [-0.3, -0.25) is 0 Å². The predicted octanol–water partition coefficient (Wildman–Crippen LogP) is 5.31. The van der Waals surface area contributed by atoms with Gasteiger partial charge in [0.1, 0.15) is 33.6 Å². The number of aromatic nitrogens is 4. The lowest BCUT2D eigenvalue weighted by Crippen LogP contribution is -2.07. The third kappa shape index (κ3) is 2.69. The van der Waals surface area contributed by atoms with E-state index in [2.05, 4.69) is 13.3 Å². The van der Waals surface area contributed by atoms with Crippen LogP contribution in [0.4, 0.5) is 0 Å². The minimum Gasteiger partial charge on any atom is -0.507 e. The molecule has 0 amide bonds. The van der Waals surface area contributed by atoms with Crippen LogP contribution in [-0.2, 0) is 5.75 Å². The molecule has 1 atom stereocenters. The van der Waals surface area contributed by atoms with Crippen LogP contribution in [0.5, 0.6) is 5.75 Å². The average Bonchev–Trinajstić information content (AvgIpc) is 3.54. The molecule has 3 aromatic carbocycles. The molecule has 0 aliphatic carbocycles. The maximum absolute atomic E-state index is 12.6. The lowest BCUT2D eigenvalue weighted by Gasteiger charge is -2.18. The summed E-state index contributed by atoms with van der Waals surface area (Å²) in [5, 5.41) is 11.4. The summed E-state index contributed by atoms with van der Waals surface area (Å²) in [6, 6.07) is 18.6. The number of rotatable bonds is 2. The van der Waals surface area contributed by atoms with Crippen molar-refractivity contribution in [2.45, 2.75) is 11.1 Å². The molecule has 1 N–H and O–H groups in total. The largest absolute Gasteiger partial charge is 0.507 e. The Morgan fingerprint density at radius 2 is 1.88 bits per heavy atom. The van der Waals surface area contributed by atoms with Gasteiger partial charge in [0, 0.05) is 11.5 Å². The van der Waals surface area contributed by atoms with Gasteiger partial charge >= 0.3 is 5.63 Å². The normalized spacial score (nSPS) is 15.6. The van der Waals surface area contributed by atoms with Crippen molar-refractivity contribution in [2.24, 2.45) is 0 Å². The van der Waals surface area contributed by atoms with Crippen LogP contribution in [-0.4, -0.2) is 23.4 Å². The molecule has 1 unspecified atom stereocenters. The lowest BCUT2D eigenvalue weighted by atomic mass is 9.99. The van der Waals surface area contributed by atoms with Gasteiger partial charge in [0.25, 0.3) is 0 Å². The molecule has 160 valence electrons. The van der Waals surface area contributed by atoms with Crippen molar-refractivity contribution in [2.75, 3.05) is 0 Å². The number of aromatic hydroxyl groups is 1. The first-order valence-electron chi connectivity index (χ1n) is 10.3. The van der Waals surface area contributed by atoms with Crippen molar-refractivity contribution in [1.29, 1.82) is 0 Å². The van der Waals surface area contributed by atoms with Gasteiger partial charge in [0.15, 0.2) is 0 Å². The summed E-state index contributed by atoms with van der Waals surface area (Å²) in [6.45, 7) is 0. The Bertz CT molecular complexity index is 1770. The van der Waals surface area contributed by atoms with Crippen LogP contribution in [0.3, 0.4) is 0 Å². The van der Waals surface area contributed by atoms with Crippen molar-refractivity contribution in [3.05, 3.63) is 82.5 Å².